The first-order valence-electron chi connectivity index (χ1n) is 7.13. The van der Waals surface area contributed by atoms with E-state index >= 15 is 0 Å². The lowest BCUT2D eigenvalue weighted by atomic mass is 10.1. The van der Waals surface area contributed by atoms with Crippen molar-refractivity contribution in [3.05, 3.63) is 62.1 Å². The molecule has 0 bridgehead atoms. The van der Waals surface area contributed by atoms with Gasteiger partial charge in [0.25, 0.3) is 5.91 Å². The Morgan fingerprint density at radius 3 is 2.42 bits per heavy atom. The van der Waals surface area contributed by atoms with Gasteiger partial charge in [-0.3, -0.25) is 4.79 Å². The monoisotopic (exact) mass is 384 g/mol. The number of amides is 1. The van der Waals surface area contributed by atoms with Gasteiger partial charge in [0, 0.05) is 0 Å². The Labute approximate surface area is 155 Å². The normalized spacial score (nSPS) is 10.9. The van der Waals surface area contributed by atoms with Gasteiger partial charge in [-0.25, -0.2) is 5.43 Å². The van der Waals surface area contributed by atoms with Crippen molar-refractivity contribution < 1.29 is 9.53 Å². The number of hydrazone groups is 1. The van der Waals surface area contributed by atoms with Crippen LogP contribution in [0.2, 0.25) is 15.1 Å². The van der Waals surface area contributed by atoms with Crippen LogP contribution in [0.15, 0.2) is 35.4 Å². The summed E-state index contributed by atoms with van der Waals surface area (Å²) in [5, 5.41) is 5.02. The molecule has 1 amide bonds. The lowest BCUT2D eigenvalue weighted by molar-refractivity contribution is 0.0955. The standard InChI is InChI=1S/C17H15Cl3N2O2/c1-3-24-16-14(19)7-11(8-15(16)20)9-21-22-17(23)12-5-4-10(2)6-13(12)18/h4-9H,3H2,1-2H3,(H,22,23)/b21-9-. The molecule has 0 heterocycles. The van der Waals surface area contributed by atoms with Crippen molar-refractivity contribution in [2.24, 2.45) is 5.10 Å². The molecule has 0 aliphatic heterocycles. The maximum atomic E-state index is 12.1. The quantitative estimate of drug-likeness (QED) is 0.574. The maximum Gasteiger partial charge on any atom is 0.272 e. The number of benzene rings is 2. The molecule has 0 saturated heterocycles. The molecular weight excluding hydrogens is 371 g/mol. The Morgan fingerprint density at radius 2 is 1.83 bits per heavy atom. The largest absolute Gasteiger partial charge is 0.491 e. The molecule has 0 fully saturated rings. The summed E-state index contributed by atoms with van der Waals surface area (Å²) in [5.74, 6) is 0.0211. The summed E-state index contributed by atoms with van der Waals surface area (Å²) in [4.78, 5) is 12.1. The fourth-order valence-electron chi connectivity index (χ4n) is 1.97. The molecule has 0 unspecified atom stereocenters. The fraction of sp³-hybridized carbons (Fsp3) is 0.176. The van der Waals surface area contributed by atoms with E-state index in [4.69, 9.17) is 39.5 Å². The minimum atomic E-state index is -0.403. The van der Waals surface area contributed by atoms with E-state index < -0.39 is 5.91 Å². The second kappa shape index (κ2) is 8.38. The minimum absolute atomic E-state index is 0.349. The SMILES string of the molecule is CCOc1c(Cl)cc(/C=N\NC(=O)c2ccc(C)cc2Cl)cc1Cl. The van der Waals surface area contributed by atoms with Crippen LogP contribution in [0.3, 0.4) is 0 Å². The van der Waals surface area contributed by atoms with E-state index in [-0.39, 0.29) is 0 Å². The summed E-state index contributed by atoms with van der Waals surface area (Å²) < 4.78 is 5.35. The van der Waals surface area contributed by atoms with E-state index in [1.807, 2.05) is 13.8 Å². The lowest BCUT2D eigenvalue weighted by Crippen LogP contribution is -2.18. The number of rotatable bonds is 5. The van der Waals surface area contributed by atoms with Crippen molar-refractivity contribution in [2.75, 3.05) is 6.61 Å². The van der Waals surface area contributed by atoms with Gasteiger partial charge in [0.15, 0.2) is 5.75 Å². The van der Waals surface area contributed by atoms with Crippen LogP contribution in [0.25, 0.3) is 0 Å². The van der Waals surface area contributed by atoms with Crippen molar-refractivity contribution >= 4 is 46.9 Å². The van der Waals surface area contributed by atoms with Crippen LogP contribution >= 0.6 is 34.8 Å². The van der Waals surface area contributed by atoms with E-state index in [2.05, 4.69) is 10.5 Å². The van der Waals surface area contributed by atoms with Crippen LogP contribution in [0.1, 0.15) is 28.4 Å². The third-order valence-electron chi connectivity index (χ3n) is 3.06. The predicted molar refractivity (Wildman–Crippen MR) is 98.9 cm³/mol. The molecule has 0 saturated carbocycles. The molecule has 0 aliphatic rings. The van der Waals surface area contributed by atoms with Crippen molar-refractivity contribution in [3.63, 3.8) is 0 Å². The molecule has 2 aromatic carbocycles. The molecule has 0 radical (unpaired) electrons. The van der Waals surface area contributed by atoms with E-state index in [1.165, 1.54) is 6.21 Å². The van der Waals surface area contributed by atoms with Crippen molar-refractivity contribution in [1.29, 1.82) is 0 Å². The highest BCUT2D eigenvalue weighted by atomic mass is 35.5. The van der Waals surface area contributed by atoms with Crippen molar-refractivity contribution in [3.8, 4) is 5.75 Å². The minimum Gasteiger partial charge on any atom is -0.491 e. The highest BCUT2D eigenvalue weighted by Gasteiger charge is 2.10. The molecule has 0 spiro atoms. The Bertz CT molecular complexity index is 768. The number of hydrogen-bond acceptors (Lipinski definition) is 3. The van der Waals surface area contributed by atoms with Gasteiger partial charge in [-0.15, -0.1) is 0 Å². The van der Waals surface area contributed by atoms with Gasteiger partial charge in [-0.2, -0.15) is 5.10 Å². The third-order valence-corrected chi connectivity index (χ3v) is 3.93. The second-order valence-corrected chi connectivity index (χ2v) is 6.15. The predicted octanol–water partition coefficient (Wildman–Crippen LogP) is 5.12. The average molecular weight is 386 g/mol. The van der Waals surface area contributed by atoms with E-state index in [9.17, 15) is 4.79 Å². The van der Waals surface area contributed by atoms with Gasteiger partial charge < -0.3 is 4.74 Å². The highest BCUT2D eigenvalue weighted by Crippen LogP contribution is 2.33. The first-order valence-corrected chi connectivity index (χ1v) is 8.27. The summed E-state index contributed by atoms with van der Waals surface area (Å²) >= 11 is 18.3. The maximum absolute atomic E-state index is 12.1. The number of hydrogen-bond donors (Lipinski definition) is 1. The average Bonchev–Trinajstić information content (AvgIpc) is 2.50. The summed E-state index contributed by atoms with van der Waals surface area (Å²) in [7, 11) is 0. The highest BCUT2D eigenvalue weighted by molar-refractivity contribution is 6.37. The molecule has 0 aliphatic carbocycles. The zero-order chi connectivity index (χ0) is 17.7. The molecule has 126 valence electrons. The van der Waals surface area contributed by atoms with Crippen LogP contribution in [0.4, 0.5) is 0 Å². The van der Waals surface area contributed by atoms with E-state index in [0.717, 1.165) is 5.56 Å². The molecule has 4 nitrogen and oxygen atoms in total. The van der Waals surface area contributed by atoms with Gasteiger partial charge in [0.2, 0.25) is 0 Å². The van der Waals surface area contributed by atoms with Crippen LogP contribution in [-0.4, -0.2) is 18.7 Å². The molecule has 7 heteroatoms. The summed E-state index contributed by atoms with van der Waals surface area (Å²) in [5.41, 5.74) is 4.36. The van der Waals surface area contributed by atoms with Crippen molar-refractivity contribution in [2.45, 2.75) is 13.8 Å². The van der Waals surface area contributed by atoms with Gasteiger partial charge in [-0.05, 0) is 49.2 Å². The molecule has 0 aromatic heterocycles. The molecule has 2 aromatic rings. The topological polar surface area (TPSA) is 50.7 Å². The van der Waals surface area contributed by atoms with Gasteiger partial charge in [-0.1, -0.05) is 40.9 Å². The summed E-state index contributed by atoms with van der Waals surface area (Å²) in [6.45, 7) is 4.19. The Morgan fingerprint density at radius 1 is 1.17 bits per heavy atom. The lowest BCUT2D eigenvalue weighted by Gasteiger charge is -2.08. The summed E-state index contributed by atoms with van der Waals surface area (Å²) in [6.07, 6.45) is 1.44. The number of carbonyl (C=O) groups excluding carboxylic acids is 1. The zero-order valence-corrected chi connectivity index (χ0v) is 15.3. The number of nitrogens with one attached hydrogen (secondary N) is 1. The van der Waals surface area contributed by atoms with Crippen LogP contribution in [-0.2, 0) is 0 Å². The molecule has 24 heavy (non-hydrogen) atoms. The number of carbonyl (C=O) groups is 1. The van der Waals surface area contributed by atoms with Crippen molar-refractivity contribution in [1.82, 2.24) is 5.43 Å². The smallest absolute Gasteiger partial charge is 0.272 e. The van der Waals surface area contributed by atoms with E-state index in [0.29, 0.717) is 38.6 Å². The number of aryl methyl sites for hydroxylation is 1. The molecule has 2 rings (SSSR count). The van der Waals surface area contributed by atoms with Crippen LogP contribution in [0.5, 0.6) is 5.75 Å². The van der Waals surface area contributed by atoms with Gasteiger partial charge in [0.05, 0.1) is 33.5 Å². The second-order valence-electron chi connectivity index (χ2n) is 4.93. The molecular formula is C17H15Cl3N2O2. The zero-order valence-electron chi connectivity index (χ0n) is 13.1. The Hall–Kier alpha value is -1.75. The number of ether oxygens (including phenoxy) is 1. The number of halogens is 3. The first-order chi connectivity index (χ1) is 11.4. The van der Waals surface area contributed by atoms with Gasteiger partial charge >= 0.3 is 0 Å². The first kappa shape index (κ1) is 18.6. The third kappa shape index (κ3) is 4.63. The molecule has 0 atom stereocenters. The van der Waals surface area contributed by atoms with Crippen LogP contribution < -0.4 is 10.2 Å². The Kier molecular flexibility index (Phi) is 6.49. The van der Waals surface area contributed by atoms with Crippen LogP contribution in [0, 0.1) is 6.92 Å². The fourth-order valence-corrected chi connectivity index (χ4v) is 2.90. The Balaban J connectivity index is 2.10. The number of nitrogens with zero attached hydrogens (tertiary/aromatic N) is 1. The summed E-state index contributed by atoms with van der Waals surface area (Å²) in [6, 6.07) is 8.45. The molecule has 1 N–H and O–H groups in total. The van der Waals surface area contributed by atoms with E-state index in [1.54, 1.807) is 30.3 Å². The van der Waals surface area contributed by atoms with Gasteiger partial charge in [0.1, 0.15) is 0 Å².